The van der Waals surface area contributed by atoms with Crippen LogP contribution >= 0.6 is 11.6 Å². The predicted octanol–water partition coefficient (Wildman–Crippen LogP) is 2.01. The predicted molar refractivity (Wildman–Crippen MR) is 52.9 cm³/mol. The zero-order valence-corrected chi connectivity index (χ0v) is 9.05. The largest absolute Gasteiger partial charge is 0.507 e. The molecule has 0 heterocycles. The smallest absolute Gasteiger partial charge is 0.153 e. The van der Waals surface area contributed by atoms with Gasteiger partial charge in [0, 0.05) is 18.7 Å². The Labute approximate surface area is 91.4 Å². The van der Waals surface area contributed by atoms with Gasteiger partial charge in [0.25, 0.3) is 0 Å². The SMILES string of the molecule is COc1cc(O)c(CN(C)O)c(F)c1Cl. The van der Waals surface area contributed by atoms with Gasteiger partial charge in [0.15, 0.2) is 5.82 Å². The van der Waals surface area contributed by atoms with Crippen molar-refractivity contribution in [2.24, 2.45) is 0 Å². The third kappa shape index (κ3) is 2.50. The van der Waals surface area contributed by atoms with Gasteiger partial charge in [0.1, 0.15) is 16.5 Å². The van der Waals surface area contributed by atoms with E-state index < -0.39 is 5.82 Å². The van der Waals surface area contributed by atoms with Crippen molar-refractivity contribution in [2.75, 3.05) is 14.2 Å². The van der Waals surface area contributed by atoms with Gasteiger partial charge >= 0.3 is 0 Å². The number of benzene rings is 1. The van der Waals surface area contributed by atoms with Crippen LogP contribution in [0, 0.1) is 5.82 Å². The van der Waals surface area contributed by atoms with Gasteiger partial charge in [0.05, 0.1) is 13.7 Å². The topological polar surface area (TPSA) is 52.9 Å². The van der Waals surface area contributed by atoms with Gasteiger partial charge in [-0.15, -0.1) is 0 Å². The van der Waals surface area contributed by atoms with E-state index in [0.29, 0.717) is 0 Å². The molecular weight excluding hydrogens is 225 g/mol. The molecule has 2 N–H and O–H groups in total. The van der Waals surface area contributed by atoms with E-state index in [1.54, 1.807) is 0 Å². The molecule has 0 aliphatic carbocycles. The summed E-state index contributed by atoms with van der Waals surface area (Å²) in [6.45, 7) is -0.165. The number of halogens is 2. The van der Waals surface area contributed by atoms with Gasteiger partial charge in [-0.3, -0.25) is 0 Å². The second-order valence-electron chi connectivity index (χ2n) is 3.02. The maximum atomic E-state index is 13.6. The number of phenolic OH excluding ortho intramolecular Hbond substituents is 1. The summed E-state index contributed by atoms with van der Waals surface area (Å²) in [6, 6.07) is 1.20. The third-order valence-corrected chi connectivity index (χ3v) is 2.21. The number of aromatic hydroxyl groups is 1. The van der Waals surface area contributed by atoms with Crippen LogP contribution in [0.1, 0.15) is 5.56 Å². The first-order valence-corrected chi connectivity index (χ1v) is 4.49. The molecule has 0 saturated carbocycles. The molecule has 0 aromatic heterocycles. The van der Waals surface area contributed by atoms with E-state index in [9.17, 15) is 9.50 Å². The second-order valence-corrected chi connectivity index (χ2v) is 3.40. The molecule has 15 heavy (non-hydrogen) atoms. The highest BCUT2D eigenvalue weighted by Gasteiger charge is 2.18. The van der Waals surface area contributed by atoms with Gasteiger partial charge in [-0.25, -0.2) is 4.39 Å². The minimum absolute atomic E-state index is 0.0519. The zero-order chi connectivity index (χ0) is 11.6. The summed E-state index contributed by atoms with van der Waals surface area (Å²) in [5, 5.41) is 18.9. The molecule has 0 fully saturated rings. The normalized spacial score (nSPS) is 10.8. The molecule has 0 bridgehead atoms. The van der Waals surface area contributed by atoms with Crippen molar-refractivity contribution in [1.29, 1.82) is 0 Å². The highest BCUT2D eigenvalue weighted by atomic mass is 35.5. The van der Waals surface area contributed by atoms with Gasteiger partial charge in [-0.1, -0.05) is 11.6 Å². The summed E-state index contributed by atoms with van der Waals surface area (Å²) in [6.07, 6.45) is 0. The first-order valence-electron chi connectivity index (χ1n) is 4.11. The molecule has 1 aromatic rings. The summed E-state index contributed by atoms with van der Waals surface area (Å²) >= 11 is 5.64. The van der Waals surface area contributed by atoms with Crippen LogP contribution in [0.15, 0.2) is 6.07 Å². The lowest BCUT2D eigenvalue weighted by atomic mass is 10.1. The van der Waals surface area contributed by atoms with Gasteiger partial charge in [0.2, 0.25) is 0 Å². The van der Waals surface area contributed by atoms with E-state index in [1.807, 2.05) is 0 Å². The van der Waals surface area contributed by atoms with Crippen LogP contribution in [0.3, 0.4) is 0 Å². The molecule has 6 heteroatoms. The van der Waals surface area contributed by atoms with Crippen LogP contribution in [0.2, 0.25) is 5.02 Å². The molecule has 0 saturated heterocycles. The van der Waals surface area contributed by atoms with Crippen LogP contribution in [0.25, 0.3) is 0 Å². The minimum Gasteiger partial charge on any atom is -0.507 e. The van der Waals surface area contributed by atoms with Crippen LogP contribution in [-0.4, -0.2) is 29.5 Å². The lowest BCUT2D eigenvalue weighted by Crippen LogP contribution is -2.13. The first-order chi connectivity index (χ1) is 6.97. The van der Waals surface area contributed by atoms with E-state index in [2.05, 4.69) is 0 Å². The fraction of sp³-hybridized carbons (Fsp3) is 0.333. The molecule has 0 amide bonds. The average Bonchev–Trinajstić information content (AvgIpc) is 2.18. The van der Waals surface area contributed by atoms with Crippen molar-refractivity contribution in [2.45, 2.75) is 6.54 Å². The quantitative estimate of drug-likeness (QED) is 0.787. The maximum absolute atomic E-state index is 13.6. The Morgan fingerprint density at radius 3 is 2.67 bits per heavy atom. The molecule has 0 atom stereocenters. The Bertz CT molecular complexity index is 371. The Kier molecular flexibility index (Phi) is 3.73. The Hall–Kier alpha value is -1.04. The van der Waals surface area contributed by atoms with Gasteiger partial charge < -0.3 is 15.1 Å². The summed E-state index contributed by atoms with van der Waals surface area (Å²) in [5.74, 6) is -1.06. The second kappa shape index (κ2) is 4.65. The zero-order valence-electron chi connectivity index (χ0n) is 8.29. The van der Waals surface area contributed by atoms with Crippen molar-refractivity contribution in [3.8, 4) is 11.5 Å². The van der Waals surface area contributed by atoms with Crippen LogP contribution < -0.4 is 4.74 Å². The van der Waals surface area contributed by atoms with Gasteiger partial charge in [-0.2, -0.15) is 5.06 Å². The number of hydrogen-bond donors (Lipinski definition) is 2. The highest BCUT2D eigenvalue weighted by Crippen LogP contribution is 2.35. The fourth-order valence-electron chi connectivity index (χ4n) is 1.16. The summed E-state index contributed by atoms with van der Waals surface area (Å²) in [7, 11) is 2.65. The number of rotatable bonds is 3. The van der Waals surface area contributed by atoms with E-state index in [0.717, 1.165) is 5.06 Å². The fourth-order valence-corrected chi connectivity index (χ4v) is 1.40. The molecule has 0 aliphatic rings. The number of nitrogens with zero attached hydrogens (tertiary/aromatic N) is 1. The molecule has 0 radical (unpaired) electrons. The summed E-state index contributed by atoms with van der Waals surface area (Å²) in [4.78, 5) is 0. The first kappa shape index (κ1) is 12.0. The summed E-state index contributed by atoms with van der Waals surface area (Å²) in [5.41, 5.74) is -0.0780. The third-order valence-electron chi connectivity index (χ3n) is 1.86. The molecule has 1 aromatic carbocycles. The lowest BCUT2D eigenvalue weighted by Gasteiger charge is -2.13. The standard InChI is InChI=1S/C9H11ClFNO3/c1-12(14)4-5-6(13)3-7(15-2)8(10)9(5)11/h3,13-14H,4H2,1-2H3. The van der Waals surface area contributed by atoms with Crippen LogP contribution in [0.5, 0.6) is 11.5 Å². The maximum Gasteiger partial charge on any atom is 0.153 e. The Balaban J connectivity index is 3.23. The number of hydrogen-bond acceptors (Lipinski definition) is 4. The molecule has 0 aliphatic heterocycles. The average molecular weight is 236 g/mol. The molecule has 0 spiro atoms. The highest BCUT2D eigenvalue weighted by molar-refractivity contribution is 6.32. The Morgan fingerprint density at radius 2 is 2.20 bits per heavy atom. The number of ether oxygens (including phenoxy) is 1. The number of methoxy groups -OCH3 is 1. The summed E-state index contributed by atoms with van der Waals surface area (Å²) < 4.78 is 18.3. The number of hydroxylamine groups is 2. The van der Waals surface area contributed by atoms with Gasteiger partial charge in [-0.05, 0) is 0 Å². The molecule has 0 unspecified atom stereocenters. The lowest BCUT2D eigenvalue weighted by molar-refractivity contribution is -0.0742. The van der Waals surface area contributed by atoms with Crippen molar-refractivity contribution >= 4 is 11.6 Å². The van der Waals surface area contributed by atoms with E-state index in [4.69, 9.17) is 21.5 Å². The van der Waals surface area contributed by atoms with Crippen LogP contribution in [0.4, 0.5) is 4.39 Å². The van der Waals surface area contributed by atoms with E-state index in [-0.39, 0.29) is 28.6 Å². The Morgan fingerprint density at radius 1 is 1.60 bits per heavy atom. The van der Waals surface area contributed by atoms with Crippen molar-refractivity contribution < 1.29 is 19.4 Å². The molecule has 84 valence electrons. The van der Waals surface area contributed by atoms with Crippen molar-refractivity contribution in [3.63, 3.8) is 0 Å². The van der Waals surface area contributed by atoms with E-state index in [1.165, 1.54) is 20.2 Å². The molecular formula is C9H11ClFNO3. The number of phenols is 1. The van der Waals surface area contributed by atoms with E-state index >= 15 is 0 Å². The van der Waals surface area contributed by atoms with Crippen molar-refractivity contribution in [1.82, 2.24) is 5.06 Å². The molecule has 1 rings (SSSR count). The van der Waals surface area contributed by atoms with Crippen molar-refractivity contribution in [3.05, 3.63) is 22.5 Å². The monoisotopic (exact) mass is 235 g/mol. The van der Waals surface area contributed by atoms with Crippen LogP contribution in [-0.2, 0) is 6.54 Å². The minimum atomic E-state index is -0.797. The molecule has 4 nitrogen and oxygen atoms in total.